The normalized spacial score (nSPS) is 11.1. The SMILES string of the molecule is COc1ccc(-c2nc(Cn3cnc4sc(C)c(-c5ccccc5)c4c3=O)cs2)cc1OC. The molecule has 0 aliphatic heterocycles. The van der Waals surface area contributed by atoms with E-state index in [1.54, 1.807) is 36.5 Å². The number of hydrogen-bond acceptors (Lipinski definition) is 7. The molecule has 3 heterocycles. The number of thiophene rings is 1. The van der Waals surface area contributed by atoms with E-state index >= 15 is 0 Å². The van der Waals surface area contributed by atoms with E-state index in [-0.39, 0.29) is 5.56 Å². The lowest BCUT2D eigenvalue weighted by Gasteiger charge is -2.08. The Balaban J connectivity index is 1.50. The molecule has 6 nitrogen and oxygen atoms in total. The van der Waals surface area contributed by atoms with Crippen molar-refractivity contribution < 1.29 is 9.47 Å². The van der Waals surface area contributed by atoms with Crippen molar-refractivity contribution in [3.05, 3.63) is 81.2 Å². The zero-order valence-electron chi connectivity index (χ0n) is 18.4. The molecule has 8 heteroatoms. The van der Waals surface area contributed by atoms with Crippen molar-refractivity contribution in [2.75, 3.05) is 14.2 Å². The Morgan fingerprint density at radius 3 is 2.55 bits per heavy atom. The Morgan fingerprint density at radius 2 is 1.79 bits per heavy atom. The molecule has 2 aromatic carbocycles. The molecule has 33 heavy (non-hydrogen) atoms. The van der Waals surface area contributed by atoms with E-state index in [0.717, 1.165) is 37.1 Å². The number of thiazole rings is 1. The fraction of sp³-hybridized carbons (Fsp3) is 0.160. The van der Waals surface area contributed by atoms with Crippen LogP contribution in [0.3, 0.4) is 0 Å². The molecule has 0 fully saturated rings. The Morgan fingerprint density at radius 1 is 1.00 bits per heavy atom. The van der Waals surface area contributed by atoms with Gasteiger partial charge in [-0.05, 0) is 30.7 Å². The third kappa shape index (κ3) is 3.92. The molecule has 0 N–H and O–H groups in total. The predicted octanol–water partition coefficient (Wildman–Crippen LogP) is 5.62. The van der Waals surface area contributed by atoms with Gasteiger partial charge in [-0.1, -0.05) is 30.3 Å². The summed E-state index contributed by atoms with van der Waals surface area (Å²) in [5.41, 5.74) is 3.68. The number of fused-ring (bicyclic) bond motifs is 1. The average Bonchev–Trinajstić information content (AvgIpc) is 3.45. The van der Waals surface area contributed by atoms with Gasteiger partial charge in [0.1, 0.15) is 9.84 Å². The average molecular weight is 476 g/mol. The first-order valence-corrected chi connectivity index (χ1v) is 12.0. The highest BCUT2D eigenvalue weighted by molar-refractivity contribution is 7.19. The Bertz CT molecular complexity index is 1500. The van der Waals surface area contributed by atoms with Gasteiger partial charge in [-0.2, -0.15) is 0 Å². The van der Waals surface area contributed by atoms with Crippen molar-refractivity contribution in [3.8, 4) is 33.2 Å². The summed E-state index contributed by atoms with van der Waals surface area (Å²) in [7, 11) is 3.22. The monoisotopic (exact) mass is 475 g/mol. The molecular formula is C25H21N3O3S2. The molecule has 3 aromatic heterocycles. The van der Waals surface area contributed by atoms with Gasteiger partial charge in [-0.15, -0.1) is 22.7 Å². The van der Waals surface area contributed by atoms with E-state index in [1.807, 2.05) is 60.8 Å². The third-order valence-electron chi connectivity index (χ3n) is 5.43. The summed E-state index contributed by atoms with van der Waals surface area (Å²) < 4.78 is 12.4. The van der Waals surface area contributed by atoms with E-state index in [1.165, 1.54) is 11.3 Å². The first kappa shape index (κ1) is 21.4. The number of ether oxygens (including phenoxy) is 2. The predicted molar refractivity (Wildman–Crippen MR) is 134 cm³/mol. The van der Waals surface area contributed by atoms with Crippen molar-refractivity contribution in [3.63, 3.8) is 0 Å². The molecule has 0 aliphatic carbocycles. The van der Waals surface area contributed by atoms with Gasteiger partial charge in [-0.25, -0.2) is 9.97 Å². The van der Waals surface area contributed by atoms with E-state index < -0.39 is 0 Å². The maximum Gasteiger partial charge on any atom is 0.263 e. The summed E-state index contributed by atoms with van der Waals surface area (Å²) in [5, 5.41) is 3.49. The van der Waals surface area contributed by atoms with Crippen LogP contribution in [0.25, 0.3) is 31.9 Å². The van der Waals surface area contributed by atoms with Gasteiger partial charge < -0.3 is 9.47 Å². The van der Waals surface area contributed by atoms with Crippen LogP contribution in [-0.2, 0) is 6.54 Å². The van der Waals surface area contributed by atoms with Crippen LogP contribution in [0.5, 0.6) is 11.5 Å². The highest BCUT2D eigenvalue weighted by Gasteiger charge is 2.17. The minimum atomic E-state index is -0.0520. The second-order valence-electron chi connectivity index (χ2n) is 7.47. The molecule has 0 aliphatic rings. The molecule has 0 spiro atoms. The standard InChI is InChI=1S/C25H21N3O3S2/c1-15-21(16-7-5-4-6-8-16)22-24(33-15)26-14-28(25(22)29)12-18-13-32-23(27-18)17-9-10-19(30-2)20(11-17)31-3/h4-11,13-14H,12H2,1-3H3. The zero-order valence-corrected chi connectivity index (χ0v) is 20.0. The van der Waals surface area contributed by atoms with Crippen molar-refractivity contribution in [2.24, 2.45) is 0 Å². The molecule has 0 atom stereocenters. The molecule has 5 aromatic rings. The third-order valence-corrected chi connectivity index (χ3v) is 7.39. The molecular weight excluding hydrogens is 454 g/mol. The van der Waals surface area contributed by atoms with Gasteiger partial charge in [0.05, 0.1) is 38.2 Å². The van der Waals surface area contributed by atoms with Crippen LogP contribution in [0.4, 0.5) is 0 Å². The summed E-state index contributed by atoms with van der Waals surface area (Å²) in [6.07, 6.45) is 1.62. The highest BCUT2D eigenvalue weighted by Crippen LogP contribution is 2.36. The van der Waals surface area contributed by atoms with Gasteiger partial charge in [0.15, 0.2) is 11.5 Å². The molecule has 0 unspecified atom stereocenters. The van der Waals surface area contributed by atoms with Crippen LogP contribution in [0.2, 0.25) is 0 Å². The smallest absolute Gasteiger partial charge is 0.263 e. The van der Waals surface area contributed by atoms with E-state index in [2.05, 4.69) is 4.98 Å². The molecule has 5 rings (SSSR count). The lowest BCUT2D eigenvalue weighted by Crippen LogP contribution is -2.21. The molecule has 0 radical (unpaired) electrons. The summed E-state index contributed by atoms with van der Waals surface area (Å²) in [4.78, 5) is 24.6. The topological polar surface area (TPSA) is 66.2 Å². The summed E-state index contributed by atoms with van der Waals surface area (Å²) in [5.74, 6) is 1.32. The van der Waals surface area contributed by atoms with Crippen LogP contribution < -0.4 is 15.0 Å². The maximum absolute atomic E-state index is 13.4. The van der Waals surface area contributed by atoms with Gasteiger partial charge in [-0.3, -0.25) is 9.36 Å². The lowest BCUT2D eigenvalue weighted by molar-refractivity contribution is 0.355. The number of nitrogens with zero attached hydrogens (tertiary/aromatic N) is 3. The Labute approximate surface area is 198 Å². The van der Waals surface area contributed by atoms with Crippen LogP contribution in [0, 0.1) is 6.92 Å². The summed E-state index contributed by atoms with van der Waals surface area (Å²) >= 11 is 3.08. The van der Waals surface area contributed by atoms with Gasteiger partial charge >= 0.3 is 0 Å². The first-order chi connectivity index (χ1) is 16.1. The van der Waals surface area contributed by atoms with Crippen molar-refractivity contribution in [2.45, 2.75) is 13.5 Å². The fourth-order valence-electron chi connectivity index (χ4n) is 3.86. The number of hydrogen-bond donors (Lipinski definition) is 0. The summed E-state index contributed by atoms with van der Waals surface area (Å²) in [6, 6.07) is 15.7. The number of methoxy groups -OCH3 is 2. The quantitative estimate of drug-likeness (QED) is 0.319. The van der Waals surface area contributed by atoms with Crippen LogP contribution in [0.1, 0.15) is 10.6 Å². The van der Waals surface area contributed by atoms with Crippen molar-refractivity contribution in [1.29, 1.82) is 0 Å². The lowest BCUT2D eigenvalue weighted by atomic mass is 10.0. The Kier molecular flexibility index (Phi) is 5.70. The largest absolute Gasteiger partial charge is 0.493 e. The number of aromatic nitrogens is 3. The highest BCUT2D eigenvalue weighted by atomic mass is 32.1. The first-order valence-electron chi connectivity index (χ1n) is 10.3. The maximum atomic E-state index is 13.4. The molecule has 0 bridgehead atoms. The van der Waals surface area contributed by atoms with Crippen LogP contribution >= 0.6 is 22.7 Å². The second-order valence-corrected chi connectivity index (χ2v) is 9.53. The summed E-state index contributed by atoms with van der Waals surface area (Å²) in [6.45, 7) is 2.39. The van der Waals surface area contributed by atoms with Crippen LogP contribution in [-0.4, -0.2) is 28.8 Å². The van der Waals surface area contributed by atoms with Crippen molar-refractivity contribution in [1.82, 2.24) is 14.5 Å². The minimum absolute atomic E-state index is 0.0520. The van der Waals surface area contributed by atoms with E-state index in [9.17, 15) is 4.79 Å². The molecule has 0 saturated heterocycles. The van der Waals surface area contributed by atoms with Crippen molar-refractivity contribution >= 4 is 32.9 Å². The molecule has 0 saturated carbocycles. The van der Waals surface area contributed by atoms with E-state index in [4.69, 9.17) is 14.5 Å². The van der Waals surface area contributed by atoms with Gasteiger partial charge in [0.2, 0.25) is 0 Å². The molecule has 0 amide bonds. The van der Waals surface area contributed by atoms with Gasteiger partial charge in [0, 0.05) is 21.4 Å². The molecule has 166 valence electrons. The number of aryl methyl sites for hydroxylation is 1. The van der Waals surface area contributed by atoms with Gasteiger partial charge in [0.25, 0.3) is 5.56 Å². The number of rotatable bonds is 6. The second kappa shape index (κ2) is 8.80. The number of benzene rings is 2. The minimum Gasteiger partial charge on any atom is -0.493 e. The Hall–Kier alpha value is -3.49. The van der Waals surface area contributed by atoms with E-state index in [0.29, 0.717) is 23.4 Å². The fourth-order valence-corrected chi connectivity index (χ4v) is 5.67. The van der Waals surface area contributed by atoms with Crippen LogP contribution in [0.15, 0.2) is 65.0 Å². The zero-order chi connectivity index (χ0) is 22.9.